The fourth-order valence-corrected chi connectivity index (χ4v) is 1.59. The molecule has 0 radical (unpaired) electrons. The minimum atomic E-state index is -0.474. The Morgan fingerprint density at radius 3 is 2.38 bits per heavy atom. The first-order chi connectivity index (χ1) is 7.69. The molecule has 0 bridgehead atoms. The maximum absolute atomic E-state index is 12.6. The number of rotatable bonds is 5. The Hall–Kier alpha value is -0.870. The van der Waals surface area contributed by atoms with Gasteiger partial charge in [0.2, 0.25) is 0 Å². The zero-order chi connectivity index (χ0) is 12.0. The molecular formula is C10H11Cl2FN2O. The van der Waals surface area contributed by atoms with Crippen molar-refractivity contribution in [3.63, 3.8) is 0 Å². The quantitative estimate of drug-likeness (QED) is 0.764. The third-order valence-corrected chi connectivity index (χ3v) is 2.28. The highest BCUT2D eigenvalue weighted by atomic mass is 35.5. The molecule has 0 aromatic carbocycles. The number of nitrogens with zero attached hydrogens (tertiary/aromatic N) is 2. The molecule has 1 rings (SSSR count). The van der Waals surface area contributed by atoms with Gasteiger partial charge in [0, 0.05) is 24.8 Å². The van der Waals surface area contributed by atoms with Crippen molar-refractivity contribution < 1.29 is 9.18 Å². The van der Waals surface area contributed by atoms with E-state index in [9.17, 15) is 9.18 Å². The van der Waals surface area contributed by atoms with Crippen molar-refractivity contribution in [2.75, 3.05) is 24.8 Å². The number of amides is 1. The Morgan fingerprint density at radius 2 is 1.94 bits per heavy atom. The molecule has 0 saturated carbocycles. The van der Waals surface area contributed by atoms with Gasteiger partial charge in [0.15, 0.2) is 0 Å². The summed E-state index contributed by atoms with van der Waals surface area (Å²) in [4.78, 5) is 17.1. The van der Waals surface area contributed by atoms with Crippen LogP contribution in [0.4, 0.5) is 4.39 Å². The van der Waals surface area contributed by atoms with Gasteiger partial charge in [-0.3, -0.25) is 4.79 Å². The van der Waals surface area contributed by atoms with Crippen LogP contribution in [0.3, 0.4) is 0 Å². The van der Waals surface area contributed by atoms with Gasteiger partial charge in [-0.15, -0.1) is 23.2 Å². The largest absolute Gasteiger partial charge is 0.335 e. The Labute approximate surface area is 103 Å². The first-order valence-electron chi connectivity index (χ1n) is 4.71. The molecule has 6 heteroatoms. The highest BCUT2D eigenvalue weighted by Crippen LogP contribution is 2.04. The molecule has 0 spiro atoms. The van der Waals surface area contributed by atoms with E-state index in [1.165, 1.54) is 17.0 Å². The lowest BCUT2D eigenvalue weighted by atomic mass is 10.3. The predicted molar refractivity (Wildman–Crippen MR) is 61.5 cm³/mol. The molecule has 88 valence electrons. The number of hydrogen-bond acceptors (Lipinski definition) is 2. The standard InChI is InChI=1S/C10H11Cl2FN2O/c11-3-5-15(6-4-12)10(16)9-2-1-8(13)7-14-9/h1-2,7H,3-6H2. The van der Waals surface area contributed by atoms with E-state index in [1.54, 1.807) is 0 Å². The summed E-state index contributed by atoms with van der Waals surface area (Å²) in [6.07, 6.45) is 1.01. The van der Waals surface area contributed by atoms with Gasteiger partial charge in [0.1, 0.15) is 11.5 Å². The first-order valence-corrected chi connectivity index (χ1v) is 5.78. The lowest BCUT2D eigenvalue weighted by Gasteiger charge is -2.19. The highest BCUT2D eigenvalue weighted by Gasteiger charge is 2.15. The second-order valence-electron chi connectivity index (χ2n) is 3.03. The molecule has 0 aliphatic heterocycles. The first kappa shape index (κ1) is 13.2. The molecule has 0 N–H and O–H groups in total. The highest BCUT2D eigenvalue weighted by molar-refractivity contribution is 6.18. The van der Waals surface area contributed by atoms with Crippen LogP contribution in [0, 0.1) is 5.82 Å². The number of aromatic nitrogens is 1. The topological polar surface area (TPSA) is 33.2 Å². The number of halogens is 3. The smallest absolute Gasteiger partial charge is 0.272 e. The van der Waals surface area contributed by atoms with Crippen LogP contribution in [0.1, 0.15) is 10.5 Å². The van der Waals surface area contributed by atoms with Gasteiger partial charge in [-0.1, -0.05) is 0 Å². The maximum atomic E-state index is 12.6. The second kappa shape index (κ2) is 6.66. The van der Waals surface area contributed by atoms with Crippen LogP contribution in [-0.4, -0.2) is 40.6 Å². The number of alkyl halides is 2. The number of carbonyl (C=O) groups is 1. The molecule has 1 aromatic rings. The Kier molecular flexibility index (Phi) is 5.49. The van der Waals surface area contributed by atoms with Crippen LogP contribution in [0.5, 0.6) is 0 Å². The van der Waals surface area contributed by atoms with Crippen molar-refractivity contribution in [2.24, 2.45) is 0 Å². The van der Waals surface area contributed by atoms with Crippen LogP contribution >= 0.6 is 23.2 Å². The van der Waals surface area contributed by atoms with Gasteiger partial charge in [0.05, 0.1) is 6.20 Å². The van der Waals surface area contributed by atoms with Crippen LogP contribution in [0.2, 0.25) is 0 Å². The van der Waals surface area contributed by atoms with Crippen molar-refractivity contribution in [1.29, 1.82) is 0 Å². The molecule has 3 nitrogen and oxygen atoms in total. The molecule has 0 saturated heterocycles. The lowest BCUT2D eigenvalue weighted by molar-refractivity contribution is 0.0769. The van der Waals surface area contributed by atoms with E-state index < -0.39 is 5.82 Å². The number of hydrogen-bond donors (Lipinski definition) is 0. The average molecular weight is 265 g/mol. The predicted octanol–water partition coefficient (Wildman–Crippen LogP) is 2.14. The second-order valence-corrected chi connectivity index (χ2v) is 3.79. The fraction of sp³-hybridized carbons (Fsp3) is 0.400. The van der Waals surface area contributed by atoms with E-state index in [1.807, 2.05) is 0 Å². The zero-order valence-corrected chi connectivity index (χ0v) is 10.0. The minimum Gasteiger partial charge on any atom is -0.335 e. The van der Waals surface area contributed by atoms with Crippen LogP contribution in [0.15, 0.2) is 18.3 Å². The van der Waals surface area contributed by atoms with Crippen molar-refractivity contribution in [3.05, 3.63) is 29.8 Å². The fourth-order valence-electron chi connectivity index (χ4n) is 1.18. The van der Waals surface area contributed by atoms with Gasteiger partial charge in [-0.05, 0) is 12.1 Å². The molecule has 0 unspecified atom stereocenters. The molecular weight excluding hydrogens is 254 g/mol. The van der Waals surface area contributed by atoms with Gasteiger partial charge < -0.3 is 4.90 Å². The number of pyridine rings is 1. The molecule has 1 heterocycles. The third kappa shape index (κ3) is 3.61. The van der Waals surface area contributed by atoms with Gasteiger partial charge in [0.25, 0.3) is 5.91 Å². The Bertz CT molecular complexity index is 339. The van der Waals surface area contributed by atoms with Crippen LogP contribution < -0.4 is 0 Å². The summed E-state index contributed by atoms with van der Waals surface area (Å²) in [6.45, 7) is 0.790. The zero-order valence-electron chi connectivity index (χ0n) is 8.50. The summed E-state index contributed by atoms with van der Waals surface area (Å²) in [5, 5.41) is 0. The molecule has 16 heavy (non-hydrogen) atoms. The average Bonchev–Trinajstić information content (AvgIpc) is 2.29. The summed E-state index contributed by atoms with van der Waals surface area (Å²) in [6, 6.07) is 2.53. The molecule has 0 atom stereocenters. The van der Waals surface area contributed by atoms with Gasteiger partial charge in [-0.2, -0.15) is 0 Å². The summed E-state index contributed by atoms with van der Waals surface area (Å²) >= 11 is 11.1. The maximum Gasteiger partial charge on any atom is 0.272 e. The molecule has 0 aliphatic carbocycles. The van der Waals surface area contributed by atoms with E-state index in [2.05, 4.69) is 4.98 Å². The van der Waals surface area contributed by atoms with Crippen molar-refractivity contribution >= 4 is 29.1 Å². The lowest BCUT2D eigenvalue weighted by Crippen LogP contribution is -2.34. The summed E-state index contributed by atoms with van der Waals surface area (Å²) < 4.78 is 12.6. The van der Waals surface area contributed by atoms with E-state index in [-0.39, 0.29) is 11.6 Å². The normalized spacial score (nSPS) is 10.2. The minimum absolute atomic E-state index is 0.191. The van der Waals surface area contributed by atoms with E-state index >= 15 is 0 Å². The molecule has 0 aliphatic rings. The van der Waals surface area contributed by atoms with Gasteiger partial charge >= 0.3 is 0 Å². The molecule has 1 aromatic heterocycles. The summed E-state index contributed by atoms with van der Waals surface area (Å²) in [7, 11) is 0. The summed E-state index contributed by atoms with van der Waals surface area (Å²) in [5.41, 5.74) is 0.191. The third-order valence-electron chi connectivity index (χ3n) is 1.94. The monoisotopic (exact) mass is 264 g/mol. The summed E-state index contributed by atoms with van der Waals surface area (Å²) in [5.74, 6) is -0.118. The van der Waals surface area contributed by atoms with Crippen molar-refractivity contribution in [1.82, 2.24) is 9.88 Å². The van der Waals surface area contributed by atoms with E-state index in [0.717, 1.165) is 6.20 Å². The molecule has 0 fully saturated rings. The SMILES string of the molecule is O=C(c1ccc(F)cn1)N(CCCl)CCCl. The van der Waals surface area contributed by atoms with Crippen LogP contribution in [0.25, 0.3) is 0 Å². The molecule has 1 amide bonds. The number of carbonyl (C=O) groups excluding carboxylic acids is 1. The van der Waals surface area contributed by atoms with Gasteiger partial charge in [-0.25, -0.2) is 9.37 Å². The van der Waals surface area contributed by atoms with Crippen molar-refractivity contribution in [2.45, 2.75) is 0 Å². The van der Waals surface area contributed by atoms with Crippen LogP contribution in [-0.2, 0) is 0 Å². The Balaban J connectivity index is 2.77. The van der Waals surface area contributed by atoms with Crippen molar-refractivity contribution in [3.8, 4) is 0 Å². The Morgan fingerprint density at radius 1 is 1.31 bits per heavy atom. The van der Waals surface area contributed by atoms with E-state index in [4.69, 9.17) is 23.2 Å². The van der Waals surface area contributed by atoms with E-state index in [0.29, 0.717) is 24.8 Å².